The van der Waals surface area contributed by atoms with Crippen molar-refractivity contribution in [2.45, 2.75) is 25.7 Å². The molecule has 0 aliphatic carbocycles. The molecule has 1 aromatic rings. The van der Waals surface area contributed by atoms with Crippen LogP contribution < -0.4 is 0 Å². The van der Waals surface area contributed by atoms with Gasteiger partial charge in [0.25, 0.3) is 0 Å². The molecule has 5 heteroatoms. The van der Waals surface area contributed by atoms with Crippen LogP contribution in [0.15, 0.2) is 16.5 Å². The Bertz CT molecular complexity index is 317. The Hall–Kier alpha value is -1.17. The van der Waals surface area contributed by atoms with E-state index in [4.69, 9.17) is 9.52 Å². The van der Waals surface area contributed by atoms with Gasteiger partial charge in [-0.15, -0.1) is 0 Å². The molecule has 1 aromatic heterocycles. The minimum absolute atomic E-state index is 0.0664. The van der Waals surface area contributed by atoms with Crippen molar-refractivity contribution >= 4 is 5.78 Å². The second-order valence-corrected chi connectivity index (χ2v) is 2.96. The van der Waals surface area contributed by atoms with Crippen LogP contribution in [0.2, 0.25) is 0 Å². The minimum atomic E-state index is -1.49. The number of aliphatic hydroxyl groups is 3. The van der Waals surface area contributed by atoms with Gasteiger partial charge >= 0.3 is 0 Å². The lowest BCUT2D eigenvalue weighted by Crippen LogP contribution is -2.25. The fourth-order valence-electron chi connectivity index (χ4n) is 1.02. The number of carbonyl (C=O) groups excluding carboxylic acids is 1. The molecular formula is C9H12O5. The van der Waals surface area contributed by atoms with E-state index in [2.05, 4.69) is 0 Å². The van der Waals surface area contributed by atoms with Crippen molar-refractivity contribution in [3.8, 4) is 0 Å². The molecule has 0 bridgehead atoms. The Balaban J connectivity index is 2.78. The molecule has 0 aromatic carbocycles. The van der Waals surface area contributed by atoms with Crippen LogP contribution in [0.4, 0.5) is 0 Å². The summed E-state index contributed by atoms with van der Waals surface area (Å²) in [6, 6.07) is 2.87. The van der Waals surface area contributed by atoms with Crippen molar-refractivity contribution in [1.29, 1.82) is 0 Å². The number of ketones is 1. The molecule has 0 aliphatic rings. The van der Waals surface area contributed by atoms with Gasteiger partial charge in [0, 0.05) is 0 Å². The van der Waals surface area contributed by atoms with Gasteiger partial charge in [-0.1, -0.05) is 0 Å². The van der Waals surface area contributed by atoms with Crippen molar-refractivity contribution in [2.75, 3.05) is 0 Å². The smallest absolute Gasteiger partial charge is 0.161 e. The zero-order valence-electron chi connectivity index (χ0n) is 7.67. The average Bonchev–Trinajstić information content (AvgIpc) is 2.63. The lowest BCUT2D eigenvalue weighted by molar-refractivity contribution is -0.131. The summed E-state index contributed by atoms with van der Waals surface area (Å²) >= 11 is 0. The summed E-state index contributed by atoms with van der Waals surface area (Å²) in [4.78, 5) is 10.7. The fourth-order valence-corrected chi connectivity index (χ4v) is 1.02. The van der Waals surface area contributed by atoms with Gasteiger partial charge in [-0.05, 0) is 19.1 Å². The largest absolute Gasteiger partial charge is 0.461 e. The van der Waals surface area contributed by atoms with E-state index in [9.17, 15) is 15.0 Å². The molecule has 2 unspecified atom stereocenters. The van der Waals surface area contributed by atoms with Crippen LogP contribution in [0, 0.1) is 0 Å². The zero-order valence-corrected chi connectivity index (χ0v) is 7.67. The summed E-state index contributed by atoms with van der Waals surface area (Å²) in [5.74, 6) is -0.203. The molecule has 1 rings (SSSR count). The summed E-state index contributed by atoms with van der Waals surface area (Å²) in [7, 11) is 0. The van der Waals surface area contributed by atoms with E-state index in [-0.39, 0.29) is 18.1 Å². The average molecular weight is 200 g/mol. The molecule has 0 spiro atoms. The summed E-state index contributed by atoms with van der Waals surface area (Å²) < 4.78 is 4.95. The van der Waals surface area contributed by atoms with Gasteiger partial charge in [-0.3, -0.25) is 4.79 Å². The SMILES string of the molecule is CC(=O)C(O)C(O)c1ccc(CO)o1. The zero-order chi connectivity index (χ0) is 10.7. The minimum Gasteiger partial charge on any atom is -0.461 e. The second-order valence-electron chi connectivity index (χ2n) is 2.96. The van der Waals surface area contributed by atoms with Crippen molar-refractivity contribution in [3.63, 3.8) is 0 Å². The van der Waals surface area contributed by atoms with Crippen LogP contribution in [0.1, 0.15) is 24.5 Å². The molecule has 0 fully saturated rings. The quantitative estimate of drug-likeness (QED) is 0.623. The summed E-state index contributed by atoms with van der Waals surface area (Å²) in [5.41, 5.74) is 0. The second kappa shape index (κ2) is 4.36. The Labute approximate surface area is 80.6 Å². The highest BCUT2D eigenvalue weighted by Crippen LogP contribution is 2.20. The first kappa shape index (κ1) is 10.9. The molecule has 0 amide bonds. The van der Waals surface area contributed by atoms with Crippen molar-refractivity contribution in [3.05, 3.63) is 23.7 Å². The first-order valence-electron chi connectivity index (χ1n) is 4.12. The summed E-state index contributed by atoms with van der Waals surface area (Å²) in [6.07, 6.45) is -2.87. The van der Waals surface area contributed by atoms with E-state index in [1.807, 2.05) is 0 Å². The van der Waals surface area contributed by atoms with Gasteiger partial charge in [0.2, 0.25) is 0 Å². The molecule has 14 heavy (non-hydrogen) atoms. The topological polar surface area (TPSA) is 90.9 Å². The normalized spacial score (nSPS) is 15.1. The molecule has 0 saturated carbocycles. The van der Waals surface area contributed by atoms with Crippen molar-refractivity contribution < 1.29 is 24.5 Å². The number of rotatable bonds is 4. The van der Waals surface area contributed by atoms with Crippen LogP contribution in [0.3, 0.4) is 0 Å². The maximum atomic E-state index is 10.7. The molecule has 0 aliphatic heterocycles. The molecular weight excluding hydrogens is 188 g/mol. The van der Waals surface area contributed by atoms with Gasteiger partial charge in [0.1, 0.15) is 30.3 Å². The van der Waals surface area contributed by atoms with Crippen molar-refractivity contribution in [1.82, 2.24) is 0 Å². The van der Waals surface area contributed by atoms with Crippen LogP contribution in [-0.2, 0) is 11.4 Å². The molecule has 2 atom stereocenters. The number of furan rings is 1. The Morgan fingerprint density at radius 1 is 1.50 bits per heavy atom. The highest BCUT2D eigenvalue weighted by Gasteiger charge is 2.25. The van der Waals surface area contributed by atoms with Gasteiger partial charge < -0.3 is 19.7 Å². The number of carbonyl (C=O) groups is 1. The molecule has 0 radical (unpaired) electrons. The van der Waals surface area contributed by atoms with Gasteiger partial charge in [0.05, 0.1) is 0 Å². The lowest BCUT2D eigenvalue weighted by atomic mass is 10.1. The Morgan fingerprint density at radius 3 is 2.57 bits per heavy atom. The van der Waals surface area contributed by atoms with E-state index >= 15 is 0 Å². The van der Waals surface area contributed by atoms with Gasteiger partial charge in [-0.25, -0.2) is 0 Å². The van der Waals surface area contributed by atoms with Gasteiger partial charge in [-0.2, -0.15) is 0 Å². The highest BCUT2D eigenvalue weighted by atomic mass is 16.4. The van der Waals surface area contributed by atoms with E-state index < -0.39 is 18.0 Å². The fraction of sp³-hybridized carbons (Fsp3) is 0.444. The summed E-state index contributed by atoms with van der Waals surface area (Å²) in [6.45, 7) is 0.882. The molecule has 5 nitrogen and oxygen atoms in total. The Kier molecular flexibility index (Phi) is 3.40. The first-order chi connectivity index (χ1) is 6.56. The molecule has 3 N–H and O–H groups in total. The predicted octanol–water partition coefficient (Wildman–Crippen LogP) is -0.245. The molecule has 78 valence electrons. The molecule has 1 heterocycles. The predicted molar refractivity (Wildman–Crippen MR) is 46.3 cm³/mol. The molecule has 0 saturated heterocycles. The van der Waals surface area contributed by atoms with E-state index in [0.717, 1.165) is 0 Å². The first-order valence-corrected chi connectivity index (χ1v) is 4.12. The third-order valence-corrected chi connectivity index (χ3v) is 1.85. The maximum absolute atomic E-state index is 10.7. The third-order valence-electron chi connectivity index (χ3n) is 1.85. The standard InChI is InChI=1S/C9H12O5/c1-5(11)8(12)9(13)7-3-2-6(4-10)14-7/h2-3,8-10,12-13H,4H2,1H3. The van der Waals surface area contributed by atoms with Crippen LogP contribution in [0.25, 0.3) is 0 Å². The van der Waals surface area contributed by atoms with Crippen LogP contribution >= 0.6 is 0 Å². The highest BCUT2D eigenvalue weighted by molar-refractivity contribution is 5.80. The van der Waals surface area contributed by atoms with E-state index in [1.165, 1.54) is 19.1 Å². The van der Waals surface area contributed by atoms with E-state index in [0.29, 0.717) is 0 Å². The maximum Gasteiger partial charge on any atom is 0.161 e. The lowest BCUT2D eigenvalue weighted by Gasteiger charge is -2.12. The van der Waals surface area contributed by atoms with Crippen LogP contribution in [-0.4, -0.2) is 27.2 Å². The number of hydrogen-bond donors (Lipinski definition) is 3. The van der Waals surface area contributed by atoms with Crippen LogP contribution in [0.5, 0.6) is 0 Å². The van der Waals surface area contributed by atoms with Crippen molar-refractivity contribution in [2.24, 2.45) is 0 Å². The number of aliphatic hydroxyl groups excluding tert-OH is 3. The number of hydrogen-bond acceptors (Lipinski definition) is 5. The Morgan fingerprint density at radius 2 is 2.14 bits per heavy atom. The monoisotopic (exact) mass is 200 g/mol. The van der Waals surface area contributed by atoms with Gasteiger partial charge in [0.15, 0.2) is 5.78 Å². The van der Waals surface area contributed by atoms with E-state index in [1.54, 1.807) is 0 Å². The third kappa shape index (κ3) is 2.20. The number of Topliss-reactive ketones (excluding diaryl/α,β-unsaturated/α-hetero) is 1. The summed E-state index contributed by atoms with van der Waals surface area (Å²) in [5, 5.41) is 27.3.